The number of nitrogens with one attached hydrogen (secondary N) is 1. The van der Waals surface area contributed by atoms with Crippen LogP contribution in [0.5, 0.6) is 0 Å². The third-order valence-corrected chi connectivity index (χ3v) is 2.69. The van der Waals surface area contributed by atoms with Crippen LogP contribution in [0.25, 0.3) is 0 Å². The minimum atomic E-state index is -0.419. The molecule has 1 N–H and O–H groups in total. The number of nitrogens with zero attached hydrogens (tertiary/aromatic N) is 2. The summed E-state index contributed by atoms with van der Waals surface area (Å²) in [5.74, 6) is 0. The topological polar surface area (TPSA) is 44.8 Å². The van der Waals surface area contributed by atoms with Crippen molar-refractivity contribution in [3.8, 4) is 0 Å². The Balaban J connectivity index is 2.09. The standard InChI is InChI=1S/C12H25N3O2/c1-12(2,3)17-11(16)13-5-6-15-9-7-14(4)8-10-15/h5-10H2,1-4H3,(H,13,16). The molecule has 0 spiro atoms. The van der Waals surface area contributed by atoms with E-state index in [2.05, 4.69) is 22.2 Å². The molecule has 1 saturated heterocycles. The van der Waals surface area contributed by atoms with E-state index in [0.717, 1.165) is 32.7 Å². The average Bonchev–Trinajstić information content (AvgIpc) is 2.18. The normalized spacial score (nSPS) is 19.1. The van der Waals surface area contributed by atoms with Gasteiger partial charge in [-0.05, 0) is 27.8 Å². The van der Waals surface area contributed by atoms with E-state index in [1.165, 1.54) is 0 Å². The van der Waals surface area contributed by atoms with Gasteiger partial charge in [0, 0.05) is 39.3 Å². The van der Waals surface area contributed by atoms with Crippen molar-refractivity contribution in [2.24, 2.45) is 0 Å². The number of amides is 1. The van der Waals surface area contributed by atoms with Gasteiger partial charge in [0.05, 0.1) is 0 Å². The molecule has 0 aromatic heterocycles. The van der Waals surface area contributed by atoms with E-state index in [0.29, 0.717) is 6.54 Å². The van der Waals surface area contributed by atoms with Crippen LogP contribution < -0.4 is 5.32 Å². The minimum absolute atomic E-state index is 0.327. The van der Waals surface area contributed by atoms with E-state index in [9.17, 15) is 4.79 Å². The molecule has 0 radical (unpaired) electrons. The first-order chi connectivity index (χ1) is 7.87. The highest BCUT2D eigenvalue weighted by atomic mass is 16.6. The summed E-state index contributed by atoms with van der Waals surface area (Å²) in [6.07, 6.45) is -0.327. The smallest absolute Gasteiger partial charge is 0.407 e. The molecule has 17 heavy (non-hydrogen) atoms. The van der Waals surface area contributed by atoms with E-state index < -0.39 is 5.60 Å². The van der Waals surface area contributed by atoms with E-state index in [-0.39, 0.29) is 6.09 Å². The fourth-order valence-electron chi connectivity index (χ4n) is 1.70. The second-order valence-electron chi connectivity index (χ2n) is 5.57. The van der Waals surface area contributed by atoms with Gasteiger partial charge in [0.15, 0.2) is 0 Å². The van der Waals surface area contributed by atoms with Gasteiger partial charge in [-0.2, -0.15) is 0 Å². The van der Waals surface area contributed by atoms with Gasteiger partial charge in [0.25, 0.3) is 0 Å². The summed E-state index contributed by atoms with van der Waals surface area (Å²) in [4.78, 5) is 16.1. The number of rotatable bonds is 3. The van der Waals surface area contributed by atoms with Crippen molar-refractivity contribution < 1.29 is 9.53 Å². The number of ether oxygens (including phenoxy) is 1. The molecule has 0 aromatic rings. The maximum Gasteiger partial charge on any atom is 0.407 e. The van der Waals surface area contributed by atoms with Crippen molar-refractivity contribution in [1.82, 2.24) is 15.1 Å². The predicted octanol–water partition coefficient (Wildman–Crippen LogP) is 0.758. The Morgan fingerprint density at radius 2 is 1.82 bits per heavy atom. The van der Waals surface area contributed by atoms with Crippen molar-refractivity contribution in [3.63, 3.8) is 0 Å². The Morgan fingerprint density at radius 1 is 1.24 bits per heavy atom. The first-order valence-electron chi connectivity index (χ1n) is 6.24. The second kappa shape index (κ2) is 6.21. The Labute approximate surface area is 104 Å². The Bertz CT molecular complexity index is 243. The summed E-state index contributed by atoms with van der Waals surface area (Å²) in [6.45, 7) is 11.5. The fraction of sp³-hybridized carbons (Fsp3) is 0.917. The van der Waals surface area contributed by atoms with Crippen LogP contribution in [0.1, 0.15) is 20.8 Å². The molecule has 0 atom stereocenters. The van der Waals surface area contributed by atoms with Gasteiger partial charge in [-0.15, -0.1) is 0 Å². The van der Waals surface area contributed by atoms with Gasteiger partial charge < -0.3 is 15.0 Å². The van der Waals surface area contributed by atoms with Gasteiger partial charge in [-0.3, -0.25) is 4.90 Å². The molecule has 1 heterocycles. The number of carbonyl (C=O) groups excluding carboxylic acids is 1. The van der Waals surface area contributed by atoms with E-state index in [1.54, 1.807) is 0 Å². The minimum Gasteiger partial charge on any atom is -0.444 e. The lowest BCUT2D eigenvalue weighted by Gasteiger charge is -2.32. The van der Waals surface area contributed by atoms with E-state index in [1.807, 2.05) is 20.8 Å². The van der Waals surface area contributed by atoms with Crippen LogP contribution in [0.4, 0.5) is 4.79 Å². The van der Waals surface area contributed by atoms with Gasteiger partial charge in [0.1, 0.15) is 5.60 Å². The highest BCUT2D eigenvalue weighted by Crippen LogP contribution is 2.06. The summed E-state index contributed by atoms with van der Waals surface area (Å²) in [5.41, 5.74) is -0.419. The monoisotopic (exact) mass is 243 g/mol. The van der Waals surface area contributed by atoms with Crippen LogP contribution >= 0.6 is 0 Å². The lowest BCUT2D eigenvalue weighted by Crippen LogP contribution is -2.47. The SMILES string of the molecule is CN1CCN(CCNC(=O)OC(C)(C)C)CC1. The summed E-state index contributed by atoms with van der Waals surface area (Å²) in [7, 11) is 2.14. The number of carbonyl (C=O) groups is 1. The third kappa shape index (κ3) is 6.48. The quantitative estimate of drug-likeness (QED) is 0.795. The van der Waals surface area contributed by atoms with Crippen LogP contribution in [-0.4, -0.2) is 67.8 Å². The van der Waals surface area contributed by atoms with Gasteiger partial charge >= 0.3 is 6.09 Å². The largest absolute Gasteiger partial charge is 0.444 e. The lowest BCUT2D eigenvalue weighted by atomic mass is 10.2. The molecule has 1 amide bonds. The van der Waals surface area contributed by atoms with Crippen molar-refractivity contribution in [1.29, 1.82) is 0 Å². The van der Waals surface area contributed by atoms with Crippen LogP contribution in [0.3, 0.4) is 0 Å². The molecule has 0 aliphatic carbocycles. The molecular weight excluding hydrogens is 218 g/mol. The van der Waals surface area contributed by atoms with E-state index in [4.69, 9.17) is 4.74 Å². The highest BCUT2D eigenvalue weighted by molar-refractivity contribution is 5.67. The summed E-state index contributed by atoms with van der Waals surface area (Å²) in [5, 5.41) is 2.78. The Morgan fingerprint density at radius 3 is 2.35 bits per heavy atom. The molecule has 0 bridgehead atoms. The summed E-state index contributed by atoms with van der Waals surface area (Å²) in [6, 6.07) is 0. The fourth-order valence-corrected chi connectivity index (χ4v) is 1.70. The molecular formula is C12H25N3O2. The van der Waals surface area contributed by atoms with Crippen LogP contribution in [0.2, 0.25) is 0 Å². The van der Waals surface area contributed by atoms with Crippen molar-refractivity contribution in [3.05, 3.63) is 0 Å². The molecule has 1 fully saturated rings. The lowest BCUT2D eigenvalue weighted by molar-refractivity contribution is 0.0517. The third-order valence-electron chi connectivity index (χ3n) is 2.69. The molecule has 0 aromatic carbocycles. The molecule has 0 saturated carbocycles. The highest BCUT2D eigenvalue weighted by Gasteiger charge is 2.17. The van der Waals surface area contributed by atoms with Gasteiger partial charge in [-0.25, -0.2) is 4.79 Å². The summed E-state index contributed by atoms with van der Waals surface area (Å²) >= 11 is 0. The predicted molar refractivity (Wildman–Crippen MR) is 68.2 cm³/mol. The van der Waals surface area contributed by atoms with Crippen LogP contribution in [0.15, 0.2) is 0 Å². The molecule has 0 unspecified atom stereocenters. The second-order valence-corrected chi connectivity index (χ2v) is 5.57. The van der Waals surface area contributed by atoms with Crippen LogP contribution in [0, 0.1) is 0 Å². The number of alkyl carbamates (subject to hydrolysis) is 1. The molecule has 1 rings (SSSR count). The van der Waals surface area contributed by atoms with Crippen molar-refractivity contribution >= 4 is 6.09 Å². The maximum absolute atomic E-state index is 11.4. The van der Waals surface area contributed by atoms with Crippen LogP contribution in [-0.2, 0) is 4.74 Å². The number of likely N-dealkylation sites (N-methyl/N-ethyl adjacent to an activating group) is 1. The average molecular weight is 243 g/mol. The number of hydrogen-bond acceptors (Lipinski definition) is 4. The molecule has 100 valence electrons. The molecule has 1 aliphatic heterocycles. The summed E-state index contributed by atoms with van der Waals surface area (Å²) < 4.78 is 5.17. The zero-order valence-corrected chi connectivity index (χ0v) is 11.5. The Kier molecular flexibility index (Phi) is 5.21. The zero-order valence-electron chi connectivity index (χ0n) is 11.5. The van der Waals surface area contributed by atoms with Gasteiger partial charge in [-0.1, -0.05) is 0 Å². The first-order valence-corrected chi connectivity index (χ1v) is 6.24. The molecule has 5 nitrogen and oxygen atoms in total. The van der Waals surface area contributed by atoms with E-state index >= 15 is 0 Å². The number of hydrogen-bond donors (Lipinski definition) is 1. The Hall–Kier alpha value is -0.810. The first kappa shape index (κ1) is 14.3. The number of piperazine rings is 1. The molecule has 5 heteroatoms. The maximum atomic E-state index is 11.4. The molecule has 1 aliphatic rings. The van der Waals surface area contributed by atoms with Crippen molar-refractivity contribution in [2.75, 3.05) is 46.3 Å². The van der Waals surface area contributed by atoms with Gasteiger partial charge in [0.2, 0.25) is 0 Å². The van der Waals surface area contributed by atoms with Crippen molar-refractivity contribution in [2.45, 2.75) is 26.4 Å². The zero-order chi connectivity index (χ0) is 12.9.